The molecular weight excluding hydrogens is 301 g/mol. The smallest absolute Gasteiger partial charge is 0.404 e. The Bertz CT molecular complexity index is 634. The van der Waals surface area contributed by atoms with Crippen LogP contribution in [0.1, 0.15) is 23.0 Å². The number of carbonyl (C=O) groups is 1. The summed E-state index contributed by atoms with van der Waals surface area (Å²) in [6, 6.07) is -2.28. The van der Waals surface area contributed by atoms with E-state index in [-0.39, 0.29) is 11.3 Å². The van der Waals surface area contributed by atoms with Gasteiger partial charge in [0.25, 0.3) is 0 Å². The van der Waals surface area contributed by atoms with E-state index in [4.69, 9.17) is 5.11 Å². The third kappa shape index (κ3) is 3.12. The molecule has 10 heteroatoms. The number of hydrogen-bond donors (Lipinski definition) is 2. The predicted molar refractivity (Wildman–Crippen MR) is 62.9 cm³/mol. The summed E-state index contributed by atoms with van der Waals surface area (Å²) < 4.78 is 63.4. The van der Waals surface area contributed by atoms with Gasteiger partial charge in [0.2, 0.25) is 10.0 Å². The second-order valence-electron chi connectivity index (χ2n) is 4.27. The number of nitrogens with one attached hydrogen (secondary N) is 1. The van der Waals surface area contributed by atoms with Gasteiger partial charge in [-0.2, -0.15) is 17.9 Å². The van der Waals surface area contributed by atoms with Crippen LogP contribution in [0.3, 0.4) is 0 Å². The molecule has 0 radical (unpaired) electrons. The third-order valence-corrected chi connectivity index (χ3v) is 4.36. The molecule has 1 aromatic heterocycles. The van der Waals surface area contributed by atoms with Crippen molar-refractivity contribution in [1.29, 1.82) is 0 Å². The van der Waals surface area contributed by atoms with E-state index in [1.807, 2.05) is 0 Å². The van der Waals surface area contributed by atoms with Gasteiger partial charge in [0.05, 0.1) is 0 Å². The molecule has 1 rings (SSSR count). The van der Waals surface area contributed by atoms with Crippen LogP contribution in [0.15, 0.2) is 11.1 Å². The van der Waals surface area contributed by atoms with Crippen molar-refractivity contribution in [2.45, 2.75) is 31.0 Å². The van der Waals surface area contributed by atoms with Crippen molar-refractivity contribution >= 4 is 16.0 Å². The molecule has 0 amide bonds. The Morgan fingerprint density at radius 1 is 1.45 bits per heavy atom. The van der Waals surface area contributed by atoms with Crippen molar-refractivity contribution in [1.82, 2.24) is 9.29 Å². The number of rotatable bonds is 4. The minimum Gasteiger partial charge on any atom is -0.477 e. The number of hydrogen-bond acceptors (Lipinski definition) is 3. The molecule has 6 nitrogen and oxygen atoms in total. The number of aryl methyl sites for hydroxylation is 1. The molecule has 2 N–H and O–H groups in total. The van der Waals surface area contributed by atoms with Gasteiger partial charge in [-0.3, -0.25) is 0 Å². The molecule has 0 aromatic carbocycles. The van der Waals surface area contributed by atoms with Crippen molar-refractivity contribution in [3.8, 4) is 0 Å². The normalized spacial score (nSPS) is 14.3. The fourth-order valence-electron chi connectivity index (χ4n) is 1.66. The molecule has 1 atom stereocenters. The van der Waals surface area contributed by atoms with Crippen molar-refractivity contribution < 1.29 is 31.5 Å². The van der Waals surface area contributed by atoms with Gasteiger partial charge in [0.1, 0.15) is 16.6 Å². The molecule has 0 bridgehead atoms. The zero-order chi connectivity index (χ0) is 15.9. The maximum absolute atomic E-state index is 12.4. The molecule has 0 unspecified atom stereocenters. The minimum atomic E-state index is -4.73. The second-order valence-corrected chi connectivity index (χ2v) is 5.95. The average Bonchev–Trinajstić information content (AvgIpc) is 2.52. The van der Waals surface area contributed by atoms with Gasteiger partial charge in [-0.1, -0.05) is 0 Å². The highest BCUT2D eigenvalue weighted by atomic mass is 32.2. The van der Waals surface area contributed by atoms with Gasteiger partial charge >= 0.3 is 12.1 Å². The molecule has 0 saturated carbocycles. The average molecular weight is 314 g/mol. The Hall–Kier alpha value is -1.55. The van der Waals surface area contributed by atoms with Crippen LogP contribution < -0.4 is 4.72 Å². The summed E-state index contributed by atoms with van der Waals surface area (Å²) in [6.45, 7) is 1.88. The maximum atomic E-state index is 12.4. The number of halogens is 3. The summed E-state index contributed by atoms with van der Waals surface area (Å²) in [6.07, 6.45) is -3.77. The summed E-state index contributed by atoms with van der Waals surface area (Å²) in [4.78, 5) is 10.5. The molecule has 0 fully saturated rings. The lowest BCUT2D eigenvalue weighted by atomic mass is 10.3. The third-order valence-electron chi connectivity index (χ3n) is 2.70. The summed E-state index contributed by atoms with van der Waals surface area (Å²) in [5.74, 6) is -1.37. The van der Waals surface area contributed by atoms with E-state index >= 15 is 0 Å². The van der Waals surface area contributed by atoms with Gasteiger partial charge < -0.3 is 9.67 Å². The molecule has 1 heterocycles. The molecule has 0 saturated heterocycles. The van der Waals surface area contributed by atoms with E-state index in [0.29, 0.717) is 6.92 Å². The van der Waals surface area contributed by atoms with Gasteiger partial charge in [0.15, 0.2) is 0 Å². The molecular formula is C10H13F3N2O4S. The van der Waals surface area contributed by atoms with E-state index in [2.05, 4.69) is 0 Å². The van der Waals surface area contributed by atoms with E-state index in [1.165, 1.54) is 18.7 Å². The Balaban J connectivity index is 3.25. The molecule has 0 aliphatic heterocycles. The Morgan fingerprint density at radius 2 is 1.95 bits per heavy atom. The molecule has 20 heavy (non-hydrogen) atoms. The molecule has 1 aromatic rings. The fourth-order valence-corrected chi connectivity index (χ4v) is 3.19. The number of nitrogens with zero attached hydrogens (tertiary/aromatic N) is 1. The maximum Gasteiger partial charge on any atom is 0.404 e. The lowest BCUT2D eigenvalue weighted by Crippen LogP contribution is -2.43. The molecule has 114 valence electrons. The first kappa shape index (κ1) is 16.5. The first-order chi connectivity index (χ1) is 8.88. The lowest BCUT2D eigenvalue weighted by molar-refractivity contribution is -0.147. The summed E-state index contributed by atoms with van der Waals surface area (Å²) in [5, 5.41) is 8.92. The highest BCUT2D eigenvalue weighted by Gasteiger charge is 2.39. The fraction of sp³-hybridized carbons (Fsp3) is 0.500. The monoisotopic (exact) mass is 314 g/mol. The zero-order valence-corrected chi connectivity index (χ0v) is 11.6. The summed E-state index contributed by atoms with van der Waals surface area (Å²) in [7, 11) is -3.17. The highest BCUT2D eigenvalue weighted by molar-refractivity contribution is 7.89. The number of aromatic nitrogens is 1. The second kappa shape index (κ2) is 5.09. The zero-order valence-electron chi connectivity index (χ0n) is 10.8. The van der Waals surface area contributed by atoms with Crippen LogP contribution in [-0.4, -0.2) is 36.3 Å². The Morgan fingerprint density at radius 3 is 2.30 bits per heavy atom. The largest absolute Gasteiger partial charge is 0.477 e. The lowest BCUT2D eigenvalue weighted by Gasteiger charge is -2.17. The number of carboxylic acids is 1. The Labute approximate surface area is 113 Å². The first-order valence-electron chi connectivity index (χ1n) is 5.36. The van der Waals surface area contributed by atoms with E-state index in [9.17, 15) is 26.4 Å². The van der Waals surface area contributed by atoms with Gasteiger partial charge in [-0.05, 0) is 13.8 Å². The van der Waals surface area contributed by atoms with Gasteiger partial charge in [-0.15, -0.1) is 0 Å². The number of carboxylic acid groups (broad SMARTS) is 1. The van der Waals surface area contributed by atoms with Crippen LogP contribution in [0.4, 0.5) is 13.2 Å². The SMILES string of the molecule is Cc1c(S(=O)(=O)N[C@@H](C)C(F)(F)F)cn(C)c1C(=O)O. The van der Waals surface area contributed by atoms with Crippen molar-refractivity contribution in [2.24, 2.45) is 7.05 Å². The van der Waals surface area contributed by atoms with Crippen LogP contribution in [-0.2, 0) is 17.1 Å². The van der Waals surface area contributed by atoms with Crippen LogP contribution >= 0.6 is 0 Å². The summed E-state index contributed by atoms with van der Waals surface area (Å²) >= 11 is 0. The van der Waals surface area contributed by atoms with E-state index in [0.717, 1.165) is 10.8 Å². The van der Waals surface area contributed by atoms with Gasteiger partial charge in [0, 0.05) is 18.8 Å². The van der Waals surface area contributed by atoms with Crippen molar-refractivity contribution in [3.63, 3.8) is 0 Å². The van der Waals surface area contributed by atoms with E-state index < -0.39 is 33.1 Å². The van der Waals surface area contributed by atoms with Crippen molar-refractivity contribution in [3.05, 3.63) is 17.5 Å². The minimum absolute atomic E-state index is 0.123. The Kier molecular flexibility index (Phi) is 4.20. The van der Waals surface area contributed by atoms with Crippen LogP contribution in [0.2, 0.25) is 0 Å². The number of aromatic carboxylic acids is 1. The van der Waals surface area contributed by atoms with E-state index in [1.54, 1.807) is 0 Å². The molecule has 0 aliphatic carbocycles. The van der Waals surface area contributed by atoms with Crippen LogP contribution in [0, 0.1) is 6.92 Å². The number of alkyl halides is 3. The first-order valence-corrected chi connectivity index (χ1v) is 6.84. The van der Waals surface area contributed by atoms with Gasteiger partial charge in [-0.25, -0.2) is 13.2 Å². The summed E-state index contributed by atoms with van der Waals surface area (Å²) in [5.41, 5.74) is -0.424. The predicted octanol–water partition coefficient (Wildman–Crippen LogP) is 1.26. The molecule has 0 aliphatic rings. The quantitative estimate of drug-likeness (QED) is 0.876. The number of sulfonamides is 1. The standard InChI is InChI=1S/C10H13F3N2O4S/c1-5-7(4-15(3)8(5)9(16)17)20(18,19)14-6(2)10(11,12)13/h4,6,14H,1-3H3,(H,16,17)/t6-/m0/s1. The topological polar surface area (TPSA) is 88.4 Å². The van der Waals surface area contributed by atoms with Crippen molar-refractivity contribution in [2.75, 3.05) is 0 Å². The van der Waals surface area contributed by atoms with Crippen LogP contribution in [0.5, 0.6) is 0 Å². The van der Waals surface area contributed by atoms with Crippen LogP contribution in [0.25, 0.3) is 0 Å². The molecule has 0 spiro atoms. The highest BCUT2D eigenvalue weighted by Crippen LogP contribution is 2.24.